The van der Waals surface area contributed by atoms with Gasteiger partial charge in [-0.1, -0.05) is 23.7 Å². The molecule has 1 aromatic heterocycles. The average Bonchev–Trinajstić information content (AvgIpc) is 3.21. The minimum Gasteiger partial charge on any atom is -0.482 e. The molecule has 0 saturated carbocycles. The first-order valence-corrected chi connectivity index (χ1v) is 11.6. The molecular weight excluding hydrogens is 410 g/mol. The smallest absolute Gasteiger partial charge is 0.265 e. The third-order valence-corrected chi connectivity index (χ3v) is 6.85. The van der Waals surface area contributed by atoms with Crippen molar-refractivity contribution in [2.75, 3.05) is 37.7 Å². The van der Waals surface area contributed by atoms with Crippen LogP contribution in [0.4, 0.5) is 5.69 Å². The van der Waals surface area contributed by atoms with Crippen molar-refractivity contribution >= 4 is 34.1 Å². The number of nitrogens with one attached hydrogen (secondary N) is 1. The minimum absolute atomic E-state index is 0.0540. The number of hydrogen-bond donors (Lipinski definition) is 1. The molecule has 1 fully saturated rings. The van der Waals surface area contributed by atoms with Crippen molar-refractivity contribution < 1.29 is 9.53 Å². The summed E-state index contributed by atoms with van der Waals surface area (Å²) >= 11 is 6.22. The van der Waals surface area contributed by atoms with Crippen LogP contribution < -0.4 is 9.64 Å². The normalized spacial score (nSPS) is 17.7. The van der Waals surface area contributed by atoms with E-state index in [9.17, 15) is 4.79 Å². The number of carbonyl (C=O) groups excluding carboxylic acids is 1. The van der Waals surface area contributed by atoms with Crippen LogP contribution in [0.1, 0.15) is 37.2 Å². The SMILES string of the molecule is O=C1COc2ccccc2N1CCCCN1CCC(c2c[nH]c3ccc(Cl)cc23)CC1. The number of hydrogen-bond acceptors (Lipinski definition) is 3. The van der Waals surface area contributed by atoms with Crippen LogP contribution in [0.25, 0.3) is 10.9 Å². The molecule has 0 radical (unpaired) electrons. The molecule has 1 N–H and O–H groups in total. The van der Waals surface area contributed by atoms with Gasteiger partial charge in [0.2, 0.25) is 0 Å². The van der Waals surface area contributed by atoms with Crippen LogP contribution >= 0.6 is 11.6 Å². The van der Waals surface area contributed by atoms with Crippen molar-refractivity contribution in [3.05, 3.63) is 59.2 Å². The van der Waals surface area contributed by atoms with E-state index in [1.54, 1.807) is 0 Å². The van der Waals surface area contributed by atoms with Gasteiger partial charge in [-0.25, -0.2) is 0 Å². The molecule has 0 aliphatic carbocycles. The van der Waals surface area contributed by atoms with Crippen molar-refractivity contribution in [3.63, 3.8) is 0 Å². The summed E-state index contributed by atoms with van der Waals surface area (Å²) in [4.78, 5) is 20.1. The third kappa shape index (κ3) is 4.30. The molecule has 6 heteroatoms. The van der Waals surface area contributed by atoms with Crippen LogP contribution in [0.2, 0.25) is 5.02 Å². The van der Waals surface area contributed by atoms with Crippen molar-refractivity contribution in [2.45, 2.75) is 31.6 Å². The molecule has 1 saturated heterocycles. The number of aromatic nitrogens is 1. The third-order valence-electron chi connectivity index (χ3n) is 6.62. The Morgan fingerprint density at radius 2 is 1.87 bits per heavy atom. The predicted octanol–water partition coefficient (Wildman–Crippen LogP) is 5.21. The number of halogens is 1. The van der Waals surface area contributed by atoms with Crippen LogP contribution in [0.3, 0.4) is 0 Å². The van der Waals surface area contributed by atoms with Gasteiger partial charge in [0, 0.05) is 28.7 Å². The van der Waals surface area contributed by atoms with Gasteiger partial charge in [0.05, 0.1) is 5.69 Å². The summed E-state index contributed by atoms with van der Waals surface area (Å²) in [5.41, 5.74) is 3.47. The minimum atomic E-state index is 0.0540. The average molecular weight is 438 g/mol. The van der Waals surface area contributed by atoms with Crippen molar-refractivity contribution in [1.29, 1.82) is 0 Å². The molecule has 1 amide bonds. The highest BCUT2D eigenvalue weighted by molar-refractivity contribution is 6.31. The predicted molar refractivity (Wildman–Crippen MR) is 125 cm³/mol. The molecule has 162 valence electrons. The Morgan fingerprint density at radius 1 is 1.06 bits per heavy atom. The molecule has 2 aromatic carbocycles. The molecule has 2 aliphatic heterocycles. The Kier molecular flexibility index (Phi) is 5.88. The van der Waals surface area contributed by atoms with Gasteiger partial charge in [-0.3, -0.25) is 4.79 Å². The number of anilines is 1. The van der Waals surface area contributed by atoms with E-state index >= 15 is 0 Å². The first-order chi connectivity index (χ1) is 15.2. The van der Waals surface area contributed by atoms with Gasteiger partial charge >= 0.3 is 0 Å². The summed E-state index contributed by atoms with van der Waals surface area (Å²) in [6.07, 6.45) is 6.61. The monoisotopic (exact) mass is 437 g/mol. The number of carbonyl (C=O) groups is 1. The lowest BCUT2D eigenvalue weighted by Gasteiger charge is -2.32. The van der Waals surface area contributed by atoms with Crippen molar-refractivity contribution in [1.82, 2.24) is 9.88 Å². The molecule has 0 unspecified atom stereocenters. The van der Waals surface area contributed by atoms with E-state index in [1.165, 1.54) is 29.3 Å². The Morgan fingerprint density at radius 3 is 2.74 bits per heavy atom. The van der Waals surface area contributed by atoms with E-state index in [0.717, 1.165) is 55.5 Å². The Labute approximate surface area is 187 Å². The fourth-order valence-electron chi connectivity index (χ4n) is 4.92. The second-order valence-corrected chi connectivity index (χ2v) is 9.00. The fourth-order valence-corrected chi connectivity index (χ4v) is 5.10. The number of H-pyrrole nitrogens is 1. The van der Waals surface area contributed by atoms with Crippen LogP contribution in [0, 0.1) is 0 Å². The van der Waals surface area contributed by atoms with E-state index in [2.05, 4.69) is 28.2 Å². The standard InChI is InChI=1S/C25H28ClN3O2/c26-19-7-8-22-20(15-19)21(16-27-22)18-9-13-28(14-10-18)11-3-4-12-29-23-5-1-2-6-24(23)31-17-25(29)30/h1-2,5-8,15-16,18,27H,3-4,9-14,17H2. The molecule has 0 bridgehead atoms. The number of piperidine rings is 1. The quantitative estimate of drug-likeness (QED) is 0.539. The lowest BCUT2D eigenvalue weighted by Crippen LogP contribution is -2.39. The number of amides is 1. The summed E-state index contributed by atoms with van der Waals surface area (Å²) in [5, 5.41) is 2.06. The molecule has 3 aromatic rings. The molecule has 5 rings (SSSR count). The summed E-state index contributed by atoms with van der Waals surface area (Å²) < 4.78 is 5.53. The second-order valence-electron chi connectivity index (χ2n) is 8.56. The molecule has 2 aliphatic rings. The van der Waals surface area contributed by atoms with Gasteiger partial charge in [0.15, 0.2) is 6.61 Å². The largest absolute Gasteiger partial charge is 0.482 e. The molecule has 0 spiro atoms. The van der Waals surface area contributed by atoms with E-state index in [-0.39, 0.29) is 12.5 Å². The number of rotatable bonds is 6. The topological polar surface area (TPSA) is 48.6 Å². The summed E-state index contributed by atoms with van der Waals surface area (Å²) in [7, 11) is 0. The second kappa shape index (κ2) is 8.93. The van der Waals surface area contributed by atoms with Crippen molar-refractivity contribution in [3.8, 4) is 5.75 Å². The summed E-state index contributed by atoms with van der Waals surface area (Å²) in [6, 6.07) is 13.9. The maximum absolute atomic E-state index is 12.3. The van der Waals surface area contributed by atoms with Crippen LogP contribution in [-0.4, -0.2) is 48.6 Å². The van der Waals surface area contributed by atoms with Gasteiger partial charge in [-0.2, -0.15) is 0 Å². The Balaban J connectivity index is 1.10. The zero-order chi connectivity index (χ0) is 21.2. The molecule has 31 heavy (non-hydrogen) atoms. The van der Waals surface area contributed by atoms with Crippen LogP contribution in [0.15, 0.2) is 48.7 Å². The van der Waals surface area contributed by atoms with Crippen LogP contribution in [0.5, 0.6) is 5.75 Å². The summed E-state index contributed by atoms with van der Waals surface area (Å²) in [6.45, 7) is 4.23. The molecular formula is C25H28ClN3O2. The highest BCUT2D eigenvalue weighted by Gasteiger charge is 2.25. The highest BCUT2D eigenvalue weighted by Crippen LogP contribution is 2.34. The highest BCUT2D eigenvalue weighted by atomic mass is 35.5. The maximum Gasteiger partial charge on any atom is 0.265 e. The lowest BCUT2D eigenvalue weighted by molar-refractivity contribution is -0.121. The zero-order valence-electron chi connectivity index (χ0n) is 17.6. The number of benzene rings is 2. The van der Waals surface area contributed by atoms with E-state index in [1.807, 2.05) is 35.2 Å². The maximum atomic E-state index is 12.3. The van der Waals surface area contributed by atoms with Gasteiger partial charge in [0.1, 0.15) is 5.75 Å². The first kappa shape index (κ1) is 20.4. The number of aromatic amines is 1. The molecule has 0 atom stereocenters. The lowest BCUT2D eigenvalue weighted by atomic mass is 9.89. The van der Waals surface area contributed by atoms with Crippen molar-refractivity contribution in [2.24, 2.45) is 0 Å². The summed E-state index contributed by atoms with van der Waals surface area (Å²) in [5.74, 6) is 1.45. The number of fused-ring (bicyclic) bond motifs is 2. The van der Waals surface area contributed by atoms with Crippen LogP contribution in [-0.2, 0) is 4.79 Å². The number of para-hydroxylation sites is 2. The number of unbranched alkanes of at least 4 members (excludes halogenated alkanes) is 1. The Hall–Kier alpha value is -2.50. The van der Waals surface area contributed by atoms with Gasteiger partial charge in [-0.05, 0) is 87.1 Å². The fraction of sp³-hybridized carbons (Fsp3) is 0.400. The Bertz CT molecular complexity index is 1070. The van der Waals surface area contributed by atoms with Gasteiger partial charge < -0.3 is 19.5 Å². The number of ether oxygens (including phenoxy) is 1. The van der Waals surface area contributed by atoms with Gasteiger partial charge in [0.25, 0.3) is 5.91 Å². The zero-order valence-corrected chi connectivity index (χ0v) is 18.4. The van der Waals surface area contributed by atoms with E-state index in [4.69, 9.17) is 16.3 Å². The van der Waals surface area contributed by atoms with E-state index < -0.39 is 0 Å². The number of nitrogens with zero attached hydrogens (tertiary/aromatic N) is 2. The van der Waals surface area contributed by atoms with E-state index in [0.29, 0.717) is 5.92 Å². The molecule has 3 heterocycles. The van der Waals surface area contributed by atoms with Gasteiger partial charge in [-0.15, -0.1) is 0 Å². The molecule has 5 nitrogen and oxygen atoms in total. The first-order valence-electron chi connectivity index (χ1n) is 11.2. The number of likely N-dealkylation sites (tertiary alicyclic amines) is 1.